The van der Waals surface area contributed by atoms with E-state index in [0.29, 0.717) is 20.6 Å². The van der Waals surface area contributed by atoms with Crippen molar-refractivity contribution in [3.8, 4) is 0 Å². The quantitative estimate of drug-likeness (QED) is 0.250. The summed E-state index contributed by atoms with van der Waals surface area (Å²) in [5.74, 6) is 0. The van der Waals surface area contributed by atoms with Crippen LogP contribution in [0.25, 0.3) is 0 Å². The van der Waals surface area contributed by atoms with Crippen LogP contribution in [0.3, 0.4) is 0 Å². The fourth-order valence-electron chi connectivity index (χ4n) is 3.39. The molecule has 6 heteroatoms. The summed E-state index contributed by atoms with van der Waals surface area (Å²) >= 11 is 4.81. The molecule has 0 atom stereocenters. The first-order valence-electron chi connectivity index (χ1n) is 8.91. The van der Waals surface area contributed by atoms with Gasteiger partial charge in [-0.1, -0.05) is 0 Å². The minimum atomic E-state index is -1.27. The second-order valence-electron chi connectivity index (χ2n) is 10.7. The van der Waals surface area contributed by atoms with Crippen LogP contribution in [0.4, 0.5) is 0 Å². The first-order chi connectivity index (χ1) is 10.2. The molecule has 0 spiro atoms. The molecule has 24 heavy (non-hydrogen) atoms. The van der Waals surface area contributed by atoms with Gasteiger partial charge in [-0.05, 0) is 0 Å². The van der Waals surface area contributed by atoms with Crippen LogP contribution >= 0.6 is 9.28 Å². The number of nitrogens with one attached hydrogen (secondary N) is 2. The van der Waals surface area contributed by atoms with Crippen molar-refractivity contribution in [2.75, 3.05) is 13.1 Å². The molecule has 2 nitrogen and oxygen atoms in total. The minimum absolute atomic E-state index is 0.322. The van der Waals surface area contributed by atoms with Gasteiger partial charge in [0.15, 0.2) is 0 Å². The monoisotopic (exact) mass is 608 g/mol. The number of hydrogen-bond acceptors (Lipinski definition) is 2. The van der Waals surface area contributed by atoms with Gasteiger partial charge in [0, 0.05) is 0 Å². The third-order valence-electron chi connectivity index (χ3n) is 4.57. The summed E-state index contributed by atoms with van der Waals surface area (Å²) in [4.78, 5) is 0. The Bertz CT molecular complexity index is 431. The van der Waals surface area contributed by atoms with Crippen LogP contribution in [0.15, 0.2) is 0 Å². The Morgan fingerprint density at radius 1 is 0.500 bits per heavy atom. The number of rotatable bonds is 5. The van der Waals surface area contributed by atoms with Gasteiger partial charge in [0.05, 0.1) is 0 Å². The van der Waals surface area contributed by atoms with Crippen LogP contribution in [0.5, 0.6) is 0 Å². The topological polar surface area (TPSA) is 24.1 Å². The van der Waals surface area contributed by atoms with Crippen molar-refractivity contribution in [1.82, 2.24) is 10.2 Å². The predicted molar refractivity (Wildman–Crippen MR) is 120 cm³/mol. The molecule has 0 radical (unpaired) electrons. The zero-order valence-electron chi connectivity index (χ0n) is 18.1. The van der Waals surface area contributed by atoms with E-state index >= 15 is 0 Å². The van der Waals surface area contributed by atoms with Crippen LogP contribution in [0, 0.1) is 0 Å². The zero-order chi connectivity index (χ0) is 19.8. The molecule has 0 aromatic rings. The van der Waals surface area contributed by atoms with Crippen LogP contribution in [0.1, 0.15) is 83.1 Å². The Balaban J connectivity index is 5.18. The first kappa shape index (κ1) is 26.4. The van der Waals surface area contributed by atoms with Gasteiger partial charge in [0.2, 0.25) is 0 Å². The Morgan fingerprint density at radius 2 is 0.667 bits per heavy atom. The third kappa shape index (κ3) is 5.93. The molecule has 2 N–H and O–H groups in total. The maximum atomic E-state index is 4.02. The first-order valence-corrected chi connectivity index (χ1v) is 18.6. The van der Waals surface area contributed by atoms with Crippen molar-refractivity contribution >= 4 is 51.7 Å². The van der Waals surface area contributed by atoms with E-state index in [-0.39, 0.29) is 0 Å². The summed E-state index contributed by atoms with van der Waals surface area (Å²) in [5.41, 5.74) is 0. The van der Waals surface area contributed by atoms with Gasteiger partial charge in [0.25, 0.3) is 0 Å². The van der Waals surface area contributed by atoms with E-state index in [1.807, 2.05) is 0 Å². The molecule has 0 aromatic heterocycles. The maximum absolute atomic E-state index is 4.02. The molecule has 0 amide bonds. The second-order valence-corrected chi connectivity index (χ2v) is 28.5. The van der Waals surface area contributed by atoms with Crippen molar-refractivity contribution in [2.24, 2.45) is 0 Å². The zero-order valence-corrected chi connectivity index (χ0v) is 24.6. The summed E-state index contributed by atoms with van der Waals surface area (Å²) in [6.45, 7) is 30.9. The molecule has 0 bridgehead atoms. The Hall–Kier alpha value is 2.36. The molecule has 0 fully saturated rings. The van der Waals surface area contributed by atoms with Crippen LogP contribution in [-0.2, 0) is 0 Å². The molecular formula is C18H42N2P2Te2. The summed E-state index contributed by atoms with van der Waals surface area (Å²) < 4.78 is -2.53. The Morgan fingerprint density at radius 3 is 0.792 bits per heavy atom. The molecule has 0 saturated carbocycles. The van der Waals surface area contributed by atoms with E-state index in [1.54, 1.807) is 0 Å². The summed E-state index contributed by atoms with van der Waals surface area (Å²) in [6.07, 6.45) is 0. The van der Waals surface area contributed by atoms with Crippen molar-refractivity contribution in [3.63, 3.8) is 0 Å². The van der Waals surface area contributed by atoms with E-state index < -0.39 is 9.28 Å². The molecule has 0 aliphatic rings. The van der Waals surface area contributed by atoms with Gasteiger partial charge in [-0.15, -0.1) is 0 Å². The molecule has 0 rings (SSSR count). The van der Waals surface area contributed by atoms with Crippen LogP contribution < -0.4 is 10.2 Å². The van der Waals surface area contributed by atoms with E-state index in [9.17, 15) is 0 Å². The fraction of sp³-hybridized carbons (Fsp3) is 1.00. The van der Waals surface area contributed by atoms with Crippen molar-refractivity contribution in [2.45, 2.75) is 104 Å². The van der Waals surface area contributed by atoms with Gasteiger partial charge < -0.3 is 0 Å². The molecular weight excluding hydrogens is 561 g/mol. The van der Waals surface area contributed by atoms with E-state index in [1.165, 1.54) is 0 Å². The van der Waals surface area contributed by atoms with Gasteiger partial charge >= 0.3 is 179 Å². The predicted octanol–water partition coefficient (Wildman–Crippen LogP) is 5.39. The van der Waals surface area contributed by atoms with Gasteiger partial charge in [-0.3, -0.25) is 0 Å². The second kappa shape index (κ2) is 8.39. The Kier molecular flexibility index (Phi) is 9.21. The van der Waals surface area contributed by atoms with E-state index in [0.717, 1.165) is 13.1 Å². The van der Waals surface area contributed by atoms with Crippen molar-refractivity contribution in [3.05, 3.63) is 0 Å². The molecule has 0 saturated heterocycles. The summed E-state index contributed by atoms with van der Waals surface area (Å²) in [5, 5.41) is 9.34. The van der Waals surface area contributed by atoms with Crippen molar-refractivity contribution < 1.29 is 0 Å². The van der Waals surface area contributed by atoms with Crippen molar-refractivity contribution in [1.29, 1.82) is 0 Å². The standard InChI is InChI=1S/C18H42N2P2Te2/c1-15(2,3)21(23,16(4,5)6)19-13-14-20-22(24,17(7,8)9)18(10,11)12/h13-14H2,1-12H3,(H,19,23)(H,20,24). The average Bonchev–Trinajstić information content (AvgIpc) is 2.28. The summed E-state index contributed by atoms with van der Waals surface area (Å²) in [6, 6.07) is 0. The van der Waals surface area contributed by atoms with Gasteiger partial charge in [0.1, 0.15) is 0 Å². The molecule has 0 aromatic carbocycles. The van der Waals surface area contributed by atoms with Crippen LogP contribution in [0.2, 0.25) is 0 Å². The molecule has 0 aliphatic carbocycles. The Labute approximate surface area is 177 Å². The molecule has 0 unspecified atom stereocenters. The molecule has 0 aliphatic heterocycles. The normalized spacial score (nSPS) is 15.7. The average molecular weight is 604 g/mol. The van der Waals surface area contributed by atoms with E-state index in [2.05, 4.69) is 136 Å². The third-order valence-corrected chi connectivity index (χ3v) is 34.4. The van der Waals surface area contributed by atoms with Gasteiger partial charge in [-0.2, -0.15) is 0 Å². The van der Waals surface area contributed by atoms with Gasteiger partial charge in [-0.25, -0.2) is 0 Å². The molecule has 146 valence electrons. The fourth-order valence-corrected chi connectivity index (χ4v) is 11.7. The van der Waals surface area contributed by atoms with Crippen LogP contribution in [-0.4, -0.2) is 76.2 Å². The van der Waals surface area contributed by atoms with E-state index in [4.69, 9.17) is 0 Å². The number of hydrogen-bond donors (Lipinski definition) is 2. The summed E-state index contributed by atoms with van der Waals surface area (Å²) in [7, 11) is 0. The SMILES string of the molecule is CC(C)(C)P(=[Te])(NCCNP(=[Te])(C(C)(C)C)C(C)(C)C)C(C)(C)C. The molecule has 0 heterocycles.